The average Bonchev–Trinajstić information content (AvgIpc) is 2.36. The zero-order valence-corrected chi connectivity index (χ0v) is 13.5. The number of nitrogens with one attached hydrogen (secondary N) is 1. The van der Waals surface area contributed by atoms with Crippen LogP contribution in [0.2, 0.25) is 0 Å². The molecule has 3 heteroatoms. The van der Waals surface area contributed by atoms with E-state index in [0.717, 1.165) is 12.2 Å². The molecule has 1 aromatic carbocycles. The predicted molar refractivity (Wildman–Crippen MR) is 84.1 cm³/mol. The van der Waals surface area contributed by atoms with Crippen LogP contribution in [-0.4, -0.2) is 19.2 Å². The number of benzene rings is 1. The summed E-state index contributed by atoms with van der Waals surface area (Å²) in [6.07, 6.45) is 3.81. The molecule has 1 fully saturated rings. The number of ether oxygens (including phenoxy) is 1. The van der Waals surface area contributed by atoms with Crippen LogP contribution in [0.5, 0.6) is 5.75 Å². The lowest BCUT2D eigenvalue weighted by molar-refractivity contribution is -0.0836. The maximum Gasteiger partial charge on any atom is 0.120 e. The first-order valence-corrected chi connectivity index (χ1v) is 7.83. The summed E-state index contributed by atoms with van der Waals surface area (Å²) in [5, 5.41) is 3.44. The molecule has 2 rings (SSSR count). The second kappa shape index (κ2) is 5.78. The predicted octanol–water partition coefficient (Wildman–Crippen LogP) is 3.84. The highest BCUT2D eigenvalue weighted by molar-refractivity contribution is 14.1. The number of halogens is 1. The van der Waals surface area contributed by atoms with E-state index in [2.05, 4.69) is 73.1 Å². The zero-order valence-electron chi connectivity index (χ0n) is 11.4. The van der Waals surface area contributed by atoms with E-state index >= 15 is 0 Å². The van der Waals surface area contributed by atoms with Gasteiger partial charge in [0.1, 0.15) is 11.9 Å². The lowest BCUT2D eigenvalue weighted by Gasteiger charge is -2.55. The van der Waals surface area contributed by atoms with Crippen molar-refractivity contribution in [3.63, 3.8) is 0 Å². The van der Waals surface area contributed by atoms with Crippen molar-refractivity contribution in [1.82, 2.24) is 5.32 Å². The highest BCUT2D eigenvalue weighted by atomic mass is 127. The van der Waals surface area contributed by atoms with Gasteiger partial charge in [-0.3, -0.25) is 0 Å². The summed E-state index contributed by atoms with van der Waals surface area (Å²) >= 11 is 2.33. The van der Waals surface area contributed by atoms with Crippen LogP contribution >= 0.6 is 22.6 Å². The summed E-state index contributed by atoms with van der Waals surface area (Å²) in [6, 6.07) is 8.93. The van der Waals surface area contributed by atoms with Gasteiger partial charge in [-0.25, -0.2) is 0 Å². The van der Waals surface area contributed by atoms with Gasteiger partial charge in [0.2, 0.25) is 0 Å². The van der Waals surface area contributed by atoms with Gasteiger partial charge in [-0.15, -0.1) is 0 Å². The first-order valence-electron chi connectivity index (χ1n) is 6.75. The van der Waals surface area contributed by atoms with Crippen molar-refractivity contribution in [1.29, 1.82) is 0 Å². The van der Waals surface area contributed by atoms with E-state index in [4.69, 9.17) is 4.74 Å². The molecule has 0 bridgehead atoms. The summed E-state index contributed by atoms with van der Waals surface area (Å²) < 4.78 is 7.45. The fraction of sp³-hybridized carbons (Fsp3) is 0.600. The van der Waals surface area contributed by atoms with Gasteiger partial charge in [0.05, 0.1) is 0 Å². The van der Waals surface area contributed by atoms with Gasteiger partial charge in [-0.05, 0) is 60.7 Å². The van der Waals surface area contributed by atoms with Crippen molar-refractivity contribution in [3.8, 4) is 5.75 Å². The fourth-order valence-electron chi connectivity index (χ4n) is 3.22. The van der Waals surface area contributed by atoms with Gasteiger partial charge in [0, 0.05) is 21.4 Å². The molecular formula is C15H22INO. The molecule has 2 nitrogen and oxygen atoms in total. The van der Waals surface area contributed by atoms with E-state index in [0.29, 0.717) is 17.6 Å². The molecular weight excluding hydrogens is 337 g/mol. The molecule has 100 valence electrons. The third-order valence-corrected chi connectivity index (χ3v) is 5.20. The van der Waals surface area contributed by atoms with Crippen molar-refractivity contribution >= 4 is 22.6 Å². The molecule has 0 aliphatic heterocycles. The number of rotatable bonds is 5. The van der Waals surface area contributed by atoms with E-state index in [1.54, 1.807) is 0 Å². The third kappa shape index (κ3) is 2.39. The zero-order chi connectivity index (χ0) is 13.2. The molecule has 18 heavy (non-hydrogen) atoms. The molecule has 0 radical (unpaired) electrons. The topological polar surface area (TPSA) is 21.3 Å². The molecule has 0 aromatic heterocycles. The van der Waals surface area contributed by atoms with Crippen LogP contribution in [0.1, 0.15) is 33.1 Å². The summed E-state index contributed by atoms with van der Waals surface area (Å²) in [6.45, 7) is 4.55. The molecule has 1 saturated carbocycles. The highest BCUT2D eigenvalue weighted by Gasteiger charge is 2.53. The van der Waals surface area contributed by atoms with Gasteiger partial charge in [0.15, 0.2) is 0 Å². The minimum atomic E-state index is 0.302. The largest absolute Gasteiger partial charge is 0.490 e. The van der Waals surface area contributed by atoms with E-state index in [-0.39, 0.29) is 0 Å². The van der Waals surface area contributed by atoms with Gasteiger partial charge in [0.25, 0.3) is 0 Å². The van der Waals surface area contributed by atoms with E-state index in [9.17, 15) is 0 Å². The summed E-state index contributed by atoms with van der Waals surface area (Å²) in [5.41, 5.74) is 0.302. The minimum absolute atomic E-state index is 0.302. The van der Waals surface area contributed by atoms with E-state index in [1.165, 1.54) is 16.4 Å². The Bertz CT molecular complexity index is 403. The van der Waals surface area contributed by atoms with Crippen LogP contribution in [-0.2, 0) is 0 Å². The van der Waals surface area contributed by atoms with Gasteiger partial charge in [-0.2, -0.15) is 0 Å². The van der Waals surface area contributed by atoms with E-state index in [1.807, 2.05) is 0 Å². The Labute approximate surface area is 124 Å². The summed E-state index contributed by atoms with van der Waals surface area (Å²) in [5.74, 6) is 1.01. The molecule has 2 unspecified atom stereocenters. The normalized spacial score (nSPS) is 25.6. The lowest BCUT2D eigenvalue weighted by Crippen LogP contribution is -2.63. The molecule has 0 spiro atoms. The molecule has 2 atom stereocenters. The van der Waals surface area contributed by atoms with Crippen LogP contribution in [0.4, 0.5) is 0 Å². The summed E-state index contributed by atoms with van der Waals surface area (Å²) in [7, 11) is 2.06. The molecule has 0 amide bonds. The molecule has 1 N–H and O–H groups in total. The quantitative estimate of drug-likeness (QED) is 0.807. The Morgan fingerprint density at radius 3 is 2.67 bits per heavy atom. The standard InChI is InChI=1S/C15H22INO/c1-4-15(5-2)13(17-3)10-14(15)18-12-8-6-7-11(16)9-12/h6-9,13-14,17H,4-5,10H2,1-3H3. The Kier molecular flexibility index (Phi) is 4.54. The molecule has 1 aliphatic carbocycles. The van der Waals surface area contributed by atoms with Crippen LogP contribution in [0.25, 0.3) is 0 Å². The van der Waals surface area contributed by atoms with Gasteiger partial charge >= 0.3 is 0 Å². The van der Waals surface area contributed by atoms with Crippen molar-refractivity contribution in [2.75, 3.05) is 7.05 Å². The highest BCUT2D eigenvalue weighted by Crippen LogP contribution is 2.48. The van der Waals surface area contributed by atoms with Crippen LogP contribution in [0, 0.1) is 8.99 Å². The smallest absolute Gasteiger partial charge is 0.120 e. The number of hydrogen-bond acceptors (Lipinski definition) is 2. The third-order valence-electron chi connectivity index (χ3n) is 4.52. The Morgan fingerprint density at radius 1 is 1.39 bits per heavy atom. The van der Waals surface area contributed by atoms with Crippen molar-refractivity contribution in [2.45, 2.75) is 45.3 Å². The lowest BCUT2D eigenvalue weighted by atomic mass is 9.58. The van der Waals surface area contributed by atoms with Crippen LogP contribution in [0.3, 0.4) is 0 Å². The Balaban J connectivity index is 2.10. The fourth-order valence-corrected chi connectivity index (χ4v) is 3.74. The second-order valence-corrected chi connectivity index (χ2v) is 6.33. The first kappa shape index (κ1) is 14.1. The molecule has 1 aromatic rings. The van der Waals surface area contributed by atoms with Crippen LogP contribution < -0.4 is 10.1 Å². The van der Waals surface area contributed by atoms with Crippen molar-refractivity contribution in [3.05, 3.63) is 27.8 Å². The van der Waals surface area contributed by atoms with E-state index < -0.39 is 0 Å². The SMILES string of the molecule is CCC1(CC)C(NC)CC1Oc1cccc(I)c1. The van der Waals surface area contributed by atoms with Crippen molar-refractivity contribution in [2.24, 2.45) is 5.41 Å². The molecule has 1 aliphatic rings. The van der Waals surface area contributed by atoms with Gasteiger partial charge in [-0.1, -0.05) is 19.9 Å². The molecule has 0 heterocycles. The van der Waals surface area contributed by atoms with Gasteiger partial charge < -0.3 is 10.1 Å². The molecule has 0 saturated heterocycles. The maximum atomic E-state index is 6.22. The Hall–Kier alpha value is -0.290. The maximum absolute atomic E-state index is 6.22. The monoisotopic (exact) mass is 359 g/mol. The average molecular weight is 359 g/mol. The van der Waals surface area contributed by atoms with Crippen molar-refractivity contribution < 1.29 is 4.74 Å². The van der Waals surface area contributed by atoms with Crippen LogP contribution in [0.15, 0.2) is 24.3 Å². The minimum Gasteiger partial charge on any atom is -0.490 e. The summed E-state index contributed by atoms with van der Waals surface area (Å²) in [4.78, 5) is 0. The Morgan fingerprint density at radius 2 is 2.11 bits per heavy atom. The number of hydrogen-bond donors (Lipinski definition) is 1. The first-order chi connectivity index (χ1) is 8.66. The second-order valence-electron chi connectivity index (χ2n) is 5.08.